The molecule has 2 atom stereocenters. The summed E-state index contributed by atoms with van der Waals surface area (Å²) in [5.41, 5.74) is 1.79. The van der Waals surface area contributed by atoms with Crippen LogP contribution in [0, 0.1) is 11.7 Å². The molecule has 2 aliphatic heterocycles. The van der Waals surface area contributed by atoms with Gasteiger partial charge in [0.15, 0.2) is 11.3 Å². The molecule has 160 valence electrons. The molecule has 1 amide bonds. The third-order valence-electron chi connectivity index (χ3n) is 5.91. The van der Waals surface area contributed by atoms with Gasteiger partial charge in [0.05, 0.1) is 12.2 Å². The molecule has 1 aromatic carbocycles. The first-order valence-electron chi connectivity index (χ1n) is 10.5. The van der Waals surface area contributed by atoms with Gasteiger partial charge in [0.2, 0.25) is 0 Å². The van der Waals surface area contributed by atoms with Gasteiger partial charge < -0.3 is 10.2 Å². The fraction of sp³-hybridized carbons (Fsp3) is 0.364. The van der Waals surface area contributed by atoms with Crippen molar-refractivity contribution in [2.45, 2.75) is 30.2 Å². The maximum absolute atomic E-state index is 14.0. The largest absolute Gasteiger partial charge is 0.348 e. The zero-order chi connectivity index (χ0) is 21.4. The van der Waals surface area contributed by atoms with E-state index in [0.717, 1.165) is 50.3 Å². The minimum Gasteiger partial charge on any atom is -0.348 e. The Morgan fingerprint density at radius 1 is 1.29 bits per heavy atom. The third-order valence-corrected chi connectivity index (χ3v) is 6.16. The van der Waals surface area contributed by atoms with Crippen LogP contribution in [0.5, 0.6) is 0 Å². The summed E-state index contributed by atoms with van der Waals surface area (Å²) in [5, 5.41) is 7.96. The number of aromatic nitrogens is 3. The molecule has 0 saturated carbocycles. The molecule has 2 aromatic heterocycles. The van der Waals surface area contributed by atoms with Crippen LogP contribution >= 0.6 is 12.6 Å². The normalized spacial score (nSPS) is 21.5. The Morgan fingerprint density at radius 2 is 2.19 bits per heavy atom. The number of nitrogens with zero attached hydrogens (tertiary/aromatic N) is 5. The second kappa shape index (κ2) is 8.39. The molecule has 0 aliphatic carbocycles. The maximum Gasteiger partial charge on any atom is 0.296 e. The number of nitrogens with one attached hydrogen (secondary N) is 1. The number of thiol groups is 1. The molecule has 0 radical (unpaired) electrons. The predicted octanol–water partition coefficient (Wildman–Crippen LogP) is 3.32. The van der Waals surface area contributed by atoms with E-state index in [9.17, 15) is 9.18 Å². The average Bonchev–Trinajstić information content (AvgIpc) is 3.51. The van der Waals surface area contributed by atoms with Crippen molar-refractivity contribution in [1.29, 1.82) is 0 Å². The number of hydrogen-bond acceptors (Lipinski definition) is 6. The third kappa shape index (κ3) is 4.07. The van der Waals surface area contributed by atoms with Crippen LogP contribution in [-0.2, 0) is 0 Å². The van der Waals surface area contributed by atoms with E-state index >= 15 is 0 Å². The predicted molar refractivity (Wildman–Crippen MR) is 120 cm³/mol. The second-order valence-corrected chi connectivity index (χ2v) is 8.55. The van der Waals surface area contributed by atoms with Gasteiger partial charge >= 0.3 is 0 Å². The molecule has 2 fully saturated rings. The average molecular weight is 439 g/mol. The van der Waals surface area contributed by atoms with E-state index in [-0.39, 0.29) is 23.7 Å². The van der Waals surface area contributed by atoms with E-state index < -0.39 is 0 Å². The van der Waals surface area contributed by atoms with Gasteiger partial charge in [-0.25, -0.2) is 18.9 Å². The van der Waals surface area contributed by atoms with Crippen LogP contribution in [0.3, 0.4) is 0 Å². The zero-order valence-corrected chi connectivity index (χ0v) is 17.8. The monoisotopic (exact) mass is 438 g/mol. The summed E-state index contributed by atoms with van der Waals surface area (Å²) in [7, 11) is 0. The van der Waals surface area contributed by atoms with Crippen molar-refractivity contribution < 1.29 is 9.18 Å². The molecule has 7 nitrogen and oxygen atoms in total. The number of hydrogen-bond donors (Lipinski definition) is 2. The van der Waals surface area contributed by atoms with Crippen LogP contribution in [0.4, 0.5) is 10.2 Å². The number of amides is 1. The Kier molecular flexibility index (Phi) is 5.45. The number of imidazole rings is 1. The molecule has 5 rings (SSSR count). The van der Waals surface area contributed by atoms with Gasteiger partial charge in [-0.1, -0.05) is 0 Å². The highest BCUT2D eigenvalue weighted by Crippen LogP contribution is 2.36. The highest BCUT2D eigenvalue weighted by molar-refractivity contribution is 7.80. The minimum atomic E-state index is -0.355. The van der Waals surface area contributed by atoms with Crippen LogP contribution in [0.1, 0.15) is 41.4 Å². The lowest BCUT2D eigenvalue weighted by Crippen LogP contribution is -2.24. The van der Waals surface area contributed by atoms with Crippen molar-refractivity contribution in [3.8, 4) is 0 Å². The number of halogens is 1. The van der Waals surface area contributed by atoms with Gasteiger partial charge in [-0.2, -0.15) is 0 Å². The van der Waals surface area contributed by atoms with Crippen molar-refractivity contribution in [2.24, 2.45) is 10.9 Å². The summed E-state index contributed by atoms with van der Waals surface area (Å²) < 4.78 is 15.5. The van der Waals surface area contributed by atoms with Gasteiger partial charge in [-0.15, -0.1) is 17.7 Å². The molecule has 9 heteroatoms. The molecule has 1 N–H and O–H groups in total. The molecular weight excluding hydrogens is 415 g/mol. The molecule has 4 heterocycles. The highest BCUT2D eigenvalue weighted by atomic mass is 32.1. The van der Waals surface area contributed by atoms with Crippen LogP contribution in [-0.4, -0.2) is 46.4 Å². The smallest absolute Gasteiger partial charge is 0.296 e. The molecule has 31 heavy (non-hydrogen) atoms. The fourth-order valence-electron chi connectivity index (χ4n) is 4.38. The SMILES string of the molecule is O=C(N=CC1CCNC1)c1cnc2ccc(N3CCC[C@@H]3c3cc(F)cc(S)c3)nn12. The van der Waals surface area contributed by atoms with E-state index in [1.807, 2.05) is 18.2 Å². The molecular formula is C22H23FN6OS. The molecule has 0 spiro atoms. The highest BCUT2D eigenvalue weighted by Gasteiger charge is 2.28. The number of anilines is 1. The second-order valence-electron chi connectivity index (χ2n) is 8.04. The summed E-state index contributed by atoms with van der Waals surface area (Å²) in [5.74, 6) is 0.346. The van der Waals surface area contributed by atoms with Crippen molar-refractivity contribution >= 4 is 36.2 Å². The summed E-state index contributed by atoms with van der Waals surface area (Å²) >= 11 is 4.32. The first kappa shape index (κ1) is 20.1. The van der Waals surface area contributed by atoms with Crippen LogP contribution in [0.25, 0.3) is 5.65 Å². The standard InChI is InChI=1S/C22H23FN6OS/c23-16-8-15(9-17(31)10-16)18-2-1-7-28(18)21-4-3-20-25-13-19(29(20)27-21)22(30)26-12-14-5-6-24-11-14/h3-4,8-10,12-14,18,24,31H,1-2,5-7,11H2/t14?,18-/m1/s1. The number of benzene rings is 1. The molecule has 3 aromatic rings. The van der Waals surface area contributed by atoms with Crippen LogP contribution < -0.4 is 10.2 Å². The van der Waals surface area contributed by atoms with Gasteiger partial charge in [-0.3, -0.25) is 4.79 Å². The van der Waals surface area contributed by atoms with Crippen molar-refractivity contribution in [3.63, 3.8) is 0 Å². The Morgan fingerprint density at radius 3 is 3.00 bits per heavy atom. The first-order valence-corrected chi connectivity index (χ1v) is 10.9. The number of carbonyl (C=O) groups is 1. The lowest BCUT2D eigenvalue weighted by molar-refractivity contribution is 0.0996. The lowest BCUT2D eigenvalue weighted by Gasteiger charge is -2.26. The quantitative estimate of drug-likeness (QED) is 0.483. The van der Waals surface area contributed by atoms with Crippen molar-refractivity contribution in [1.82, 2.24) is 19.9 Å². The van der Waals surface area contributed by atoms with Crippen molar-refractivity contribution in [3.05, 3.63) is 53.6 Å². The van der Waals surface area contributed by atoms with E-state index in [0.29, 0.717) is 16.2 Å². The van der Waals surface area contributed by atoms with E-state index in [4.69, 9.17) is 5.10 Å². The topological polar surface area (TPSA) is 74.9 Å². The molecule has 2 saturated heterocycles. The first-order chi connectivity index (χ1) is 15.1. The van der Waals surface area contributed by atoms with Crippen molar-refractivity contribution in [2.75, 3.05) is 24.5 Å². The van der Waals surface area contributed by atoms with E-state index in [1.165, 1.54) is 12.3 Å². The summed E-state index contributed by atoms with van der Waals surface area (Å²) in [6.45, 7) is 2.59. The Hall–Kier alpha value is -2.78. The maximum atomic E-state index is 14.0. The fourth-order valence-corrected chi connectivity index (χ4v) is 4.65. The number of rotatable bonds is 4. The summed E-state index contributed by atoms with van der Waals surface area (Å²) in [6, 6.07) is 8.59. The Bertz CT molecular complexity index is 1140. The molecule has 0 bridgehead atoms. The Labute approximate surface area is 184 Å². The van der Waals surface area contributed by atoms with Crippen LogP contribution in [0.2, 0.25) is 0 Å². The summed E-state index contributed by atoms with van der Waals surface area (Å²) in [4.78, 5) is 23.9. The number of aliphatic imine (C=N–C) groups is 1. The van der Waals surface area contributed by atoms with Gasteiger partial charge in [0.1, 0.15) is 11.6 Å². The van der Waals surface area contributed by atoms with Crippen LogP contribution in [0.15, 0.2) is 46.4 Å². The van der Waals surface area contributed by atoms with E-state index in [2.05, 4.69) is 32.8 Å². The number of fused-ring (bicyclic) bond motifs is 1. The lowest BCUT2D eigenvalue weighted by atomic mass is 10.0. The van der Waals surface area contributed by atoms with E-state index in [1.54, 1.807) is 16.8 Å². The zero-order valence-electron chi connectivity index (χ0n) is 16.9. The van der Waals surface area contributed by atoms with Gasteiger partial charge in [0, 0.05) is 30.1 Å². The van der Waals surface area contributed by atoms with Gasteiger partial charge in [0.25, 0.3) is 5.91 Å². The Balaban J connectivity index is 1.45. The van der Waals surface area contributed by atoms with Gasteiger partial charge in [-0.05, 0) is 61.7 Å². The molecule has 1 unspecified atom stereocenters. The summed E-state index contributed by atoms with van der Waals surface area (Å²) in [6.07, 6.45) is 6.09. The molecule has 2 aliphatic rings. The number of carbonyl (C=O) groups excluding carboxylic acids is 1. The minimum absolute atomic E-state index is 0.00195.